The second-order valence-corrected chi connectivity index (χ2v) is 9.37. The maximum absolute atomic E-state index is 14.1. The first-order chi connectivity index (χ1) is 19.0. The molecule has 3 aromatic rings. The van der Waals surface area contributed by atoms with Crippen molar-refractivity contribution in [3.63, 3.8) is 0 Å². The van der Waals surface area contributed by atoms with E-state index in [0.717, 1.165) is 11.3 Å². The van der Waals surface area contributed by atoms with Crippen LogP contribution in [0.5, 0.6) is 11.5 Å². The fraction of sp³-hybridized carbons (Fsp3) is 0.290. The van der Waals surface area contributed by atoms with Gasteiger partial charge in [0.2, 0.25) is 0 Å². The second-order valence-electron chi connectivity index (χ2n) is 8.93. The molecule has 0 bridgehead atoms. The van der Waals surface area contributed by atoms with Gasteiger partial charge in [-0.3, -0.25) is 9.59 Å². The number of nitrogens with zero attached hydrogens (tertiary/aromatic N) is 1. The van der Waals surface area contributed by atoms with E-state index in [1.54, 1.807) is 60.5 Å². The van der Waals surface area contributed by atoms with Crippen LogP contribution in [0.2, 0.25) is 5.02 Å². The molecule has 0 aliphatic carbocycles. The number of Topliss-reactive ketones (excluding diaryl/α,β-unsaturated/α-hetero) is 1. The number of hydrogen-bond donors (Lipinski definition) is 1. The van der Waals surface area contributed by atoms with Gasteiger partial charge in [0, 0.05) is 36.0 Å². The maximum Gasteiger partial charge on any atom is 0.271 e. The van der Waals surface area contributed by atoms with Crippen LogP contribution in [0.3, 0.4) is 0 Å². The van der Waals surface area contributed by atoms with Crippen LogP contribution < -0.4 is 14.8 Å². The van der Waals surface area contributed by atoms with Crippen molar-refractivity contribution in [1.82, 2.24) is 4.90 Å². The Morgan fingerprint density at radius 1 is 0.923 bits per heavy atom. The lowest BCUT2D eigenvalue weighted by atomic mass is 9.92. The summed E-state index contributed by atoms with van der Waals surface area (Å²) in [7, 11) is 1.57. The van der Waals surface area contributed by atoms with E-state index < -0.39 is 6.04 Å². The van der Waals surface area contributed by atoms with Crippen molar-refractivity contribution in [2.24, 2.45) is 0 Å². The predicted octanol–water partition coefficient (Wildman–Crippen LogP) is 6.31. The Labute approximate surface area is 234 Å². The molecule has 1 amide bonds. The Hall–Kier alpha value is -3.81. The van der Waals surface area contributed by atoms with Gasteiger partial charge in [-0.05, 0) is 86.5 Å². The Morgan fingerprint density at radius 2 is 1.59 bits per heavy atom. The van der Waals surface area contributed by atoms with Crippen LogP contribution in [-0.4, -0.2) is 50.1 Å². The molecule has 204 valence electrons. The zero-order valence-electron chi connectivity index (χ0n) is 22.4. The summed E-state index contributed by atoms with van der Waals surface area (Å²) in [6, 6.07) is 20.9. The van der Waals surface area contributed by atoms with Crippen LogP contribution >= 0.6 is 11.6 Å². The molecule has 3 aromatic carbocycles. The first kappa shape index (κ1) is 28.2. The molecule has 0 saturated heterocycles. The van der Waals surface area contributed by atoms with Gasteiger partial charge in [0.05, 0.1) is 25.3 Å². The van der Waals surface area contributed by atoms with Crippen LogP contribution in [0.25, 0.3) is 0 Å². The first-order valence-corrected chi connectivity index (χ1v) is 13.4. The molecule has 0 radical (unpaired) electrons. The van der Waals surface area contributed by atoms with Gasteiger partial charge < -0.3 is 24.4 Å². The van der Waals surface area contributed by atoms with Gasteiger partial charge in [0.1, 0.15) is 17.2 Å². The zero-order valence-corrected chi connectivity index (χ0v) is 23.2. The molecule has 0 aromatic heterocycles. The molecule has 0 spiro atoms. The highest BCUT2D eigenvalue weighted by atomic mass is 35.5. The summed E-state index contributed by atoms with van der Waals surface area (Å²) < 4.78 is 16.4. The summed E-state index contributed by atoms with van der Waals surface area (Å²) >= 11 is 6.08. The van der Waals surface area contributed by atoms with Crippen molar-refractivity contribution < 1.29 is 23.8 Å². The van der Waals surface area contributed by atoms with E-state index in [1.165, 1.54) is 0 Å². The fourth-order valence-corrected chi connectivity index (χ4v) is 4.70. The molecular formula is C31H33ClN2O5. The normalized spacial score (nSPS) is 15.0. The molecule has 1 N–H and O–H groups in total. The van der Waals surface area contributed by atoms with Crippen LogP contribution in [0.1, 0.15) is 42.2 Å². The lowest BCUT2D eigenvalue weighted by Gasteiger charge is -2.27. The minimum absolute atomic E-state index is 0.242. The molecule has 1 atom stereocenters. The third-order valence-corrected chi connectivity index (χ3v) is 6.69. The lowest BCUT2D eigenvalue weighted by Crippen LogP contribution is -2.33. The molecule has 1 heterocycles. The standard InChI is InChI=1S/C31H33ClN2O5/c1-4-38-20-6-19-34-29(21-7-17-26(18-8-21)39-5-2)27(30(35)22-9-15-25(37-3)16-10-22)28(31(34)36)33-24-13-11-23(32)12-14-24/h7-18,29,33H,4-6,19-20H2,1-3H3/t29-/m0/s1. The molecule has 0 fully saturated rings. The van der Waals surface area contributed by atoms with Gasteiger partial charge in [-0.1, -0.05) is 23.7 Å². The first-order valence-electron chi connectivity index (χ1n) is 13.0. The topological polar surface area (TPSA) is 77.1 Å². The molecule has 1 aliphatic rings. The van der Waals surface area contributed by atoms with Crippen LogP contribution in [0.4, 0.5) is 5.69 Å². The summed E-state index contributed by atoms with van der Waals surface area (Å²) in [5.74, 6) is 0.869. The summed E-state index contributed by atoms with van der Waals surface area (Å²) in [6.45, 7) is 5.93. The molecule has 0 unspecified atom stereocenters. The third-order valence-electron chi connectivity index (χ3n) is 6.44. The molecule has 8 heteroatoms. The fourth-order valence-electron chi connectivity index (χ4n) is 4.57. The number of ketones is 1. The number of rotatable bonds is 13. The smallest absolute Gasteiger partial charge is 0.271 e. The van der Waals surface area contributed by atoms with E-state index in [2.05, 4.69) is 5.32 Å². The second kappa shape index (κ2) is 13.3. The Morgan fingerprint density at radius 3 is 2.21 bits per heavy atom. The van der Waals surface area contributed by atoms with Crippen molar-refractivity contribution in [2.45, 2.75) is 26.3 Å². The number of benzene rings is 3. The number of nitrogens with one attached hydrogen (secondary N) is 1. The van der Waals surface area contributed by atoms with Crippen molar-refractivity contribution >= 4 is 29.0 Å². The van der Waals surface area contributed by atoms with Crippen molar-refractivity contribution in [3.8, 4) is 11.5 Å². The number of methoxy groups -OCH3 is 1. The van der Waals surface area contributed by atoms with E-state index in [9.17, 15) is 9.59 Å². The van der Waals surface area contributed by atoms with Gasteiger partial charge in [0.15, 0.2) is 5.78 Å². The van der Waals surface area contributed by atoms with Gasteiger partial charge in [-0.25, -0.2) is 0 Å². The number of halogens is 1. The van der Waals surface area contributed by atoms with Gasteiger partial charge in [0.25, 0.3) is 5.91 Å². The average Bonchev–Trinajstić information content (AvgIpc) is 3.23. The van der Waals surface area contributed by atoms with Crippen molar-refractivity contribution in [3.05, 3.63) is 100 Å². The average molecular weight is 549 g/mol. The van der Waals surface area contributed by atoms with E-state index in [0.29, 0.717) is 60.4 Å². The summed E-state index contributed by atoms with van der Waals surface area (Å²) in [5.41, 5.74) is 2.55. The Kier molecular flexibility index (Phi) is 9.63. The lowest BCUT2D eigenvalue weighted by molar-refractivity contribution is -0.127. The highest BCUT2D eigenvalue weighted by Crippen LogP contribution is 2.41. The molecule has 0 saturated carbocycles. The SMILES string of the molecule is CCOCCCN1C(=O)C(Nc2ccc(Cl)cc2)=C(C(=O)c2ccc(OC)cc2)[C@@H]1c1ccc(OCC)cc1. The van der Waals surface area contributed by atoms with Crippen LogP contribution in [0, 0.1) is 0 Å². The predicted molar refractivity (Wildman–Crippen MR) is 153 cm³/mol. The Bertz CT molecular complexity index is 1300. The summed E-state index contributed by atoms with van der Waals surface area (Å²) in [5, 5.41) is 3.81. The monoisotopic (exact) mass is 548 g/mol. The number of carbonyl (C=O) groups is 2. The number of hydrogen-bond acceptors (Lipinski definition) is 6. The summed E-state index contributed by atoms with van der Waals surface area (Å²) in [4.78, 5) is 29.9. The number of anilines is 1. The zero-order chi connectivity index (χ0) is 27.8. The van der Waals surface area contributed by atoms with Crippen LogP contribution in [0.15, 0.2) is 84.1 Å². The van der Waals surface area contributed by atoms with Gasteiger partial charge in [-0.2, -0.15) is 0 Å². The van der Waals surface area contributed by atoms with E-state index >= 15 is 0 Å². The van der Waals surface area contributed by atoms with E-state index in [1.807, 2.05) is 38.1 Å². The molecule has 4 rings (SSSR count). The quantitative estimate of drug-likeness (QED) is 0.199. The largest absolute Gasteiger partial charge is 0.497 e. The van der Waals surface area contributed by atoms with E-state index in [4.69, 9.17) is 25.8 Å². The highest BCUT2D eigenvalue weighted by molar-refractivity contribution is 6.30. The van der Waals surface area contributed by atoms with Gasteiger partial charge >= 0.3 is 0 Å². The number of ether oxygens (including phenoxy) is 3. The minimum atomic E-state index is -0.598. The highest BCUT2D eigenvalue weighted by Gasteiger charge is 2.43. The van der Waals surface area contributed by atoms with Crippen molar-refractivity contribution in [1.29, 1.82) is 0 Å². The van der Waals surface area contributed by atoms with Crippen molar-refractivity contribution in [2.75, 3.05) is 38.8 Å². The molecule has 39 heavy (non-hydrogen) atoms. The molecule has 1 aliphatic heterocycles. The maximum atomic E-state index is 14.1. The number of amides is 1. The van der Waals surface area contributed by atoms with Crippen LogP contribution in [-0.2, 0) is 9.53 Å². The Balaban J connectivity index is 1.81. The summed E-state index contributed by atoms with van der Waals surface area (Å²) in [6.07, 6.45) is 0.630. The number of carbonyl (C=O) groups excluding carboxylic acids is 2. The third kappa shape index (κ3) is 6.61. The minimum Gasteiger partial charge on any atom is -0.497 e. The van der Waals surface area contributed by atoms with Gasteiger partial charge in [-0.15, -0.1) is 0 Å². The molecule has 7 nitrogen and oxygen atoms in total. The van der Waals surface area contributed by atoms with E-state index in [-0.39, 0.29) is 17.4 Å². The molecular weight excluding hydrogens is 516 g/mol.